The molecule has 4 nitrogen and oxygen atoms in total. The minimum Gasteiger partial charge on any atom is -0.339 e. The van der Waals surface area contributed by atoms with Crippen molar-refractivity contribution in [2.75, 3.05) is 24.5 Å². The Balaban J connectivity index is 1.41. The van der Waals surface area contributed by atoms with Crippen molar-refractivity contribution in [3.05, 3.63) is 64.7 Å². The summed E-state index contributed by atoms with van der Waals surface area (Å²) < 4.78 is 0. The molecule has 0 bridgehead atoms. The van der Waals surface area contributed by atoms with Crippen LogP contribution in [-0.2, 0) is 11.2 Å². The molecule has 0 unspecified atom stereocenters. The lowest BCUT2D eigenvalue weighted by atomic mass is 9.92. The van der Waals surface area contributed by atoms with Crippen LogP contribution in [0.2, 0.25) is 5.02 Å². The Hall–Kier alpha value is -2.33. The van der Waals surface area contributed by atoms with Crippen molar-refractivity contribution in [1.29, 1.82) is 0 Å². The number of likely N-dealkylation sites (tertiary alicyclic amines) is 1. The second kappa shape index (κ2) is 7.73. The van der Waals surface area contributed by atoms with Gasteiger partial charge in [-0.25, -0.2) is 0 Å². The van der Waals surface area contributed by atoms with E-state index in [9.17, 15) is 9.59 Å². The summed E-state index contributed by atoms with van der Waals surface area (Å²) >= 11 is 6.00. The second-order valence-corrected chi connectivity index (χ2v) is 7.74. The Morgan fingerprint density at radius 3 is 2.52 bits per heavy atom. The number of rotatable bonds is 2. The maximum Gasteiger partial charge on any atom is 0.253 e. The lowest BCUT2D eigenvalue weighted by Crippen LogP contribution is -2.45. The smallest absolute Gasteiger partial charge is 0.253 e. The molecule has 0 spiro atoms. The molecule has 2 aliphatic rings. The average molecular weight is 383 g/mol. The van der Waals surface area contributed by atoms with E-state index in [1.807, 2.05) is 28.0 Å². The van der Waals surface area contributed by atoms with Gasteiger partial charge in [-0.15, -0.1) is 0 Å². The lowest BCUT2D eigenvalue weighted by Gasteiger charge is -2.36. The zero-order valence-corrected chi connectivity index (χ0v) is 16.0. The Kier molecular flexibility index (Phi) is 5.17. The van der Waals surface area contributed by atoms with Gasteiger partial charge >= 0.3 is 0 Å². The van der Waals surface area contributed by atoms with Crippen LogP contribution in [0.25, 0.3) is 0 Å². The monoisotopic (exact) mass is 382 g/mol. The van der Waals surface area contributed by atoms with E-state index >= 15 is 0 Å². The maximum absolute atomic E-state index is 13.1. The van der Waals surface area contributed by atoms with Crippen LogP contribution in [0.4, 0.5) is 5.69 Å². The predicted molar refractivity (Wildman–Crippen MR) is 107 cm³/mol. The van der Waals surface area contributed by atoms with Crippen molar-refractivity contribution >= 4 is 29.1 Å². The summed E-state index contributed by atoms with van der Waals surface area (Å²) in [5.74, 6) is 0.184. The molecule has 2 aliphatic heterocycles. The van der Waals surface area contributed by atoms with Crippen LogP contribution in [-0.4, -0.2) is 36.3 Å². The van der Waals surface area contributed by atoms with Crippen LogP contribution in [0.1, 0.15) is 35.2 Å². The van der Waals surface area contributed by atoms with E-state index < -0.39 is 0 Å². The number of fused-ring (bicyclic) bond motifs is 1. The number of hydrogen-bond acceptors (Lipinski definition) is 2. The number of aryl methyl sites for hydroxylation is 1. The molecule has 0 radical (unpaired) electrons. The fourth-order valence-corrected chi connectivity index (χ4v) is 4.31. The molecular formula is C22H23ClN2O2. The first kappa shape index (κ1) is 18.1. The minimum absolute atomic E-state index is 0.00767. The fourth-order valence-electron chi connectivity index (χ4n) is 4.12. The number of para-hydroxylation sites is 1. The summed E-state index contributed by atoms with van der Waals surface area (Å²) in [6.07, 6.45) is 3.47. The van der Waals surface area contributed by atoms with Gasteiger partial charge in [0.05, 0.1) is 0 Å². The van der Waals surface area contributed by atoms with Crippen molar-refractivity contribution in [2.24, 2.45) is 5.92 Å². The van der Waals surface area contributed by atoms with Crippen LogP contribution in [0.15, 0.2) is 48.5 Å². The molecule has 140 valence electrons. The number of carbonyl (C=O) groups excluding carboxylic acids is 2. The standard InChI is InChI=1S/C22H23ClN2O2/c23-19-8-3-6-18(15-19)21(26)24-13-10-17(11-14-24)22(27)25-12-4-7-16-5-1-2-9-20(16)25/h1-3,5-6,8-9,15,17H,4,7,10-14H2. The van der Waals surface area contributed by atoms with Crippen molar-refractivity contribution < 1.29 is 9.59 Å². The van der Waals surface area contributed by atoms with E-state index in [0.717, 1.165) is 25.1 Å². The normalized spacial score (nSPS) is 17.5. The largest absolute Gasteiger partial charge is 0.339 e. The molecule has 0 aromatic heterocycles. The van der Waals surface area contributed by atoms with E-state index in [4.69, 9.17) is 11.6 Å². The second-order valence-electron chi connectivity index (χ2n) is 7.30. The van der Waals surface area contributed by atoms with Crippen LogP contribution < -0.4 is 4.90 Å². The van der Waals surface area contributed by atoms with Crippen molar-refractivity contribution in [1.82, 2.24) is 4.90 Å². The molecule has 0 atom stereocenters. The van der Waals surface area contributed by atoms with Gasteiger partial charge in [-0.3, -0.25) is 9.59 Å². The number of piperidine rings is 1. The predicted octanol–water partition coefficient (Wildman–Crippen LogP) is 4.17. The van der Waals surface area contributed by atoms with Crippen LogP contribution in [0.3, 0.4) is 0 Å². The number of anilines is 1. The van der Waals surface area contributed by atoms with Gasteiger partial charge in [-0.2, -0.15) is 0 Å². The molecule has 0 N–H and O–H groups in total. The van der Waals surface area contributed by atoms with Gasteiger partial charge in [0.25, 0.3) is 5.91 Å². The van der Waals surface area contributed by atoms with E-state index in [2.05, 4.69) is 6.07 Å². The van der Waals surface area contributed by atoms with Gasteiger partial charge in [0.15, 0.2) is 0 Å². The average Bonchev–Trinajstić information content (AvgIpc) is 2.72. The first-order chi connectivity index (χ1) is 13.1. The third-order valence-corrected chi connectivity index (χ3v) is 5.81. The van der Waals surface area contributed by atoms with Crippen molar-refractivity contribution in [3.8, 4) is 0 Å². The number of amides is 2. The third kappa shape index (κ3) is 3.72. The SMILES string of the molecule is O=C(c1cccc(Cl)c1)N1CCC(C(=O)N2CCCc3ccccc32)CC1. The summed E-state index contributed by atoms with van der Waals surface area (Å²) in [6, 6.07) is 15.2. The Morgan fingerprint density at radius 1 is 0.963 bits per heavy atom. The summed E-state index contributed by atoms with van der Waals surface area (Å²) in [6.45, 7) is 2.01. The van der Waals surface area contributed by atoms with Gasteiger partial charge in [-0.1, -0.05) is 35.9 Å². The van der Waals surface area contributed by atoms with Crippen molar-refractivity contribution in [2.45, 2.75) is 25.7 Å². The van der Waals surface area contributed by atoms with Crippen LogP contribution >= 0.6 is 11.6 Å². The van der Waals surface area contributed by atoms with Gasteiger partial charge in [0.2, 0.25) is 5.91 Å². The Labute approximate surface area is 164 Å². The molecule has 5 heteroatoms. The Morgan fingerprint density at radius 2 is 1.74 bits per heavy atom. The highest BCUT2D eigenvalue weighted by atomic mass is 35.5. The van der Waals surface area contributed by atoms with Crippen LogP contribution in [0.5, 0.6) is 0 Å². The molecule has 1 fully saturated rings. The molecule has 2 heterocycles. The third-order valence-electron chi connectivity index (χ3n) is 5.58. The fraction of sp³-hybridized carbons (Fsp3) is 0.364. The van der Waals surface area contributed by atoms with Crippen LogP contribution in [0, 0.1) is 5.92 Å². The first-order valence-corrected chi connectivity index (χ1v) is 9.95. The molecule has 0 saturated carbocycles. The zero-order chi connectivity index (χ0) is 18.8. The van der Waals surface area contributed by atoms with E-state index in [1.54, 1.807) is 24.3 Å². The number of hydrogen-bond donors (Lipinski definition) is 0. The summed E-state index contributed by atoms with van der Waals surface area (Å²) in [4.78, 5) is 29.6. The number of benzene rings is 2. The molecule has 27 heavy (non-hydrogen) atoms. The number of halogens is 1. The number of nitrogens with zero attached hydrogens (tertiary/aromatic N) is 2. The van der Waals surface area contributed by atoms with E-state index in [0.29, 0.717) is 36.5 Å². The Bertz CT molecular complexity index is 859. The molecule has 4 rings (SSSR count). The van der Waals surface area contributed by atoms with E-state index in [-0.39, 0.29) is 17.7 Å². The lowest BCUT2D eigenvalue weighted by molar-refractivity contribution is -0.123. The highest BCUT2D eigenvalue weighted by Crippen LogP contribution is 2.30. The zero-order valence-electron chi connectivity index (χ0n) is 15.2. The van der Waals surface area contributed by atoms with Gasteiger partial charge in [0, 0.05) is 41.8 Å². The summed E-state index contributed by atoms with van der Waals surface area (Å²) in [5.41, 5.74) is 2.93. The molecular weight excluding hydrogens is 360 g/mol. The molecule has 0 aliphatic carbocycles. The topological polar surface area (TPSA) is 40.6 Å². The molecule has 2 amide bonds. The first-order valence-electron chi connectivity index (χ1n) is 9.57. The minimum atomic E-state index is -0.0143. The molecule has 2 aromatic carbocycles. The number of carbonyl (C=O) groups is 2. The van der Waals surface area contributed by atoms with E-state index in [1.165, 1.54) is 5.56 Å². The summed E-state index contributed by atoms with van der Waals surface area (Å²) in [5, 5.41) is 0.565. The van der Waals surface area contributed by atoms with Gasteiger partial charge in [0.1, 0.15) is 0 Å². The van der Waals surface area contributed by atoms with Crippen molar-refractivity contribution in [3.63, 3.8) is 0 Å². The maximum atomic E-state index is 13.1. The highest BCUT2D eigenvalue weighted by Gasteiger charge is 2.32. The van der Waals surface area contributed by atoms with Gasteiger partial charge < -0.3 is 9.80 Å². The quantitative estimate of drug-likeness (QED) is 0.782. The summed E-state index contributed by atoms with van der Waals surface area (Å²) in [7, 11) is 0. The molecule has 1 saturated heterocycles. The molecule has 2 aromatic rings. The highest BCUT2D eigenvalue weighted by molar-refractivity contribution is 6.30. The van der Waals surface area contributed by atoms with Gasteiger partial charge in [-0.05, 0) is 55.5 Å².